The zero-order chi connectivity index (χ0) is 18.1. The van der Waals surface area contributed by atoms with Gasteiger partial charge < -0.3 is 15.4 Å². The van der Waals surface area contributed by atoms with Crippen LogP contribution < -0.4 is 15.4 Å². The molecule has 0 unspecified atom stereocenters. The number of rotatable bonds is 7. The van der Waals surface area contributed by atoms with Gasteiger partial charge in [-0.25, -0.2) is 4.99 Å². The molecular formula is C18H22N4O3. The molecule has 0 aliphatic heterocycles. The minimum Gasteiger partial charge on any atom is -0.497 e. The van der Waals surface area contributed by atoms with Gasteiger partial charge in [0.05, 0.1) is 18.6 Å². The van der Waals surface area contributed by atoms with E-state index in [2.05, 4.69) is 15.6 Å². The third-order valence-corrected chi connectivity index (χ3v) is 3.53. The Labute approximate surface area is 146 Å². The molecule has 0 spiro atoms. The Balaban J connectivity index is 1.95. The summed E-state index contributed by atoms with van der Waals surface area (Å²) in [6.07, 6.45) is 0. The maximum atomic E-state index is 10.7. The minimum atomic E-state index is -0.405. The molecule has 0 aromatic heterocycles. The summed E-state index contributed by atoms with van der Waals surface area (Å²) in [7, 11) is 1.64. The van der Waals surface area contributed by atoms with Crippen LogP contribution >= 0.6 is 0 Å². The third kappa shape index (κ3) is 5.80. The quantitative estimate of drug-likeness (QED) is 0.349. The van der Waals surface area contributed by atoms with Gasteiger partial charge >= 0.3 is 0 Å². The average Bonchev–Trinajstić information content (AvgIpc) is 2.64. The zero-order valence-corrected chi connectivity index (χ0v) is 14.4. The summed E-state index contributed by atoms with van der Waals surface area (Å²) in [5.74, 6) is 1.51. The first kappa shape index (κ1) is 18.3. The van der Waals surface area contributed by atoms with Crippen molar-refractivity contribution in [2.24, 2.45) is 4.99 Å². The molecule has 0 radical (unpaired) electrons. The highest BCUT2D eigenvalue weighted by atomic mass is 16.6. The van der Waals surface area contributed by atoms with Gasteiger partial charge in [0, 0.05) is 25.2 Å². The van der Waals surface area contributed by atoms with Crippen LogP contribution in [0.1, 0.15) is 18.1 Å². The molecule has 0 saturated carbocycles. The van der Waals surface area contributed by atoms with Gasteiger partial charge in [0.25, 0.3) is 5.69 Å². The van der Waals surface area contributed by atoms with Gasteiger partial charge in [0.15, 0.2) is 5.96 Å². The first-order valence-corrected chi connectivity index (χ1v) is 8.01. The SMILES string of the molecule is CCNC(=NCc1ccc(OC)cc1)NCc1ccc([N+](=O)[O-])cc1. The summed E-state index contributed by atoms with van der Waals surface area (Å²) in [6.45, 7) is 3.82. The van der Waals surface area contributed by atoms with Crippen molar-refractivity contribution in [1.29, 1.82) is 0 Å². The molecule has 0 bridgehead atoms. The lowest BCUT2D eigenvalue weighted by molar-refractivity contribution is -0.384. The number of benzene rings is 2. The fourth-order valence-corrected chi connectivity index (χ4v) is 2.16. The molecule has 7 heteroatoms. The van der Waals surface area contributed by atoms with Crippen LogP contribution in [0.5, 0.6) is 5.75 Å². The van der Waals surface area contributed by atoms with Gasteiger partial charge in [-0.15, -0.1) is 0 Å². The van der Waals surface area contributed by atoms with Crippen LogP contribution in [0, 0.1) is 10.1 Å². The second-order valence-electron chi connectivity index (χ2n) is 5.32. The second-order valence-corrected chi connectivity index (χ2v) is 5.32. The monoisotopic (exact) mass is 342 g/mol. The van der Waals surface area contributed by atoms with Crippen molar-refractivity contribution in [3.63, 3.8) is 0 Å². The van der Waals surface area contributed by atoms with Gasteiger partial charge in [-0.3, -0.25) is 10.1 Å². The molecule has 0 fully saturated rings. The van der Waals surface area contributed by atoms with Crippen LogP contribution in [0.2, 0.25) is 0 Å². The van der Waals surface area contributed by atoms with Gasteiger partial charge in [0.1, 0.15) is 5.75 Å². The summed E-state index contributed by atoms with van der Waals surface area (Å²) >= 11 is 0. The van der Waals surface area contributed by atoms with Gasteiger partial charge in [-0.05, 0) is 30.2 Å². The molecular weight excluding hydrogens is 320 g/mol. The number of nitro benzene ring substituents is 1. The lowest BCUT2D eigenvalue weighted by Gasteiger charge is -2.11. The second kappa shape index (κ2) is 9.27. The van der Waals surface area contributed by atoms with E-state index in [-0.39, 0.29) is 5.69 Å². The first-order chi connectivity index (χ1) is 12.1. The van der Waals surface area contributed by atoms with E-state index in [1.54, 1.807) is 19.2 Å². The molecule has 2 aromatic rings. The molecule has 7 nitrogen and oxygen atoms in total. The van der Waals surface area contributed by atoms with Crippen molar-refractivity contribution in [3.8, 4) is 5.75 Å². The Morgan fingerprint density at radius 2 is 1.72 bits per heavy atom. The average molecular weight is 342 g/mol. The van der Waals surface area contributed by atoms with Crippen molar-refractivity contribution < 1.29 is 9.66 Å². The van der Waals surface area contributed by atoms with Gasteiger partial charge in [0.2, 0.25) is 0 Å². The van der Waals surface area contributed by atoms with E-state index in [1.165, 1.54) is 12.1 Å². The predicted octanol–water partition coefficient (Wildman–Crippen LogP) is 2.86. The summed E-state index contributed by atoms with van der Waals surface area (Å²) in [5.41, 5.74) is 2.11. The molecule has 132 valence electrons. The van der Waals surface area contributed by atoms with Crippen molar-refractivity contribution in [1.82, 2.24) is 10.6 Å². The normalized spacial score (nSPS) is 11.0. The van der Waals surface area contributed by atoms with Gasteiger partial charge in [-0.2, -0.15) is 0 Å². The molecule has 0 aliphatic carbocycles. The Morgan fingerprint density at radius 3 is 2.28 bits per heavy atom. The molecule has 2 N–H and O–H groups in total. The molecule has 0 heterocycles. The zero-order valence-electron chi connectivity index (χ0n) is 14.4. The van der Waals surface area contributed by atoms with Crippen LogP contribution in [0.3, 0.4) is 0 Å². The van der Waals surface area contributed by atoms with Crippen LogP contribution in [-0.4, -0.2) is 24.5 Å². The maximum Gasteiger partial charge on any atom is 0.269 e. The van der Waals surface area contributed by atoms with E-state index in [9.17, 15) is 10.1 Å². The van der Waals surface area contributed by atoms with Crippen LogP contribution in [0.4, 0.5) is 5.69 Å². The molecule has 25 heavy (non-hydrogen) atoms. The third-order valence-electron chi connectivity index (χ3n) is 3.53. The Hall–Kier alpha value is -3.09. The maximum absolute atomic E-state index is 10.7. The highest BCUT2D eigenvalue weighted by molar-refractivity contribution is 5.79. The molecule has 0 saturated heterocycles. The number of hydrogen-bond donors (Lipinski definition) is 2. The van der Waals surface area contributed by atoms with E-state index in [1.807, 2.05) is 31.2 Å². The van der Waals surface area contributed by atoms with E-state index < -0.39 is 4.92 Å². The van der Waals surface area contributed by atoms with Gasteiger partial charge in [-0.1, -0.05) is 24.3 Å². The number of nitro groups is 1. The minimum absolute atomic E-state index is 0.0869. The number of nitrogens with one attached hydrogen (secondary N) is 2. The summed E-state index contributed by atoms with van der Waals surface area (Å²) < 4.78 is 5.14. The van der Waals surface area contributed by atoms with Crippen LogP contribution in [-0.2, 0) is 13.1 Å². The topological polar surface area (TPSA) is 88.8 Å². The summed E-state index contributed by atoms with van der Waals surface area (Å²) in [5, 5.41) is 17.1. The molecule has 2 rings (SSSR count). The molecule has 0 amide bonds. The fraction of sp³-hybridized carbons (Fsp3) is 0.278. The first-order valence-electron chi connectivity index (χ1n) is 8.01. The number of ether oxygens (including phenoxy) is 1. The van der Waals surface area contributed by atoms with Crippen LogP contribution in [0.25, 0.3) is 0 Å². The van der Waals surface area contributed by atoms with Crippen molar-refractivity contribution in [3.05, 3.63) is 69.8 Å². The van der Waals surface area contributed by atoms with E-state index >= 15 is 0 Å². The highest BCUT2D eigenvalue weighted by Crippen LogP contribution is 2.12. The van der Waals surface area contributed by atoms with Crippen molar-refractivity contribution >= 4 is 11.6 Å². The largest absolute Gasteiger partial charge is 0.497 e. The fourth-order valence-electron chi connectivity index (χ4n) is 2.16. The molecule has 0 atom stereocenters. The van der Waals surface area contributed by atoms with Crippen molar-refractivity contribution in [2.75, 3.05) is 13.7 Å². The summed E-state index contributed by atoms with van der Waals surface area (Å²) in [4.78, 5) is 14.8. The highest BCUT2D eigenvalue weighted by Gasteiger charge is 2.04. The number of non-ortho nitro benzene ring substituents is 1. The van der Waals surface area contributed by atoms with Crippen molar-refractivity contribution in [2.45, 2.75) is 20.0 Å². The molecule has 2 aromatic carbocycles. The Kier molecular flexibility index (Phi) is 6.76. The number of aliphatic imine (C=N–C) groups is 1. The number of methoxy groups -OCH3 is 1. The number of guanidine groups is 1. The van der Waals surface area contributed by atoms with E-state index in [0.717, 1.165) is 23.4 Å². The lowest BCUT2D eigenvalue weighted by atomic mass is 10.2. The van der Waals surface area contributed by atoms with Crippen LogP contribution in [0.15, 0.2) is 53.5 Å². The Morgan fingerprint density at radius 1 is 1.08 bits per heavy atom. The van der Waals surface area contributed by atoms with E-state index in [4.69, 9.17) is 4.74 Å². The molecule has 0 aliphatic rings. The Bertz CT molecular complexity index is 712. The number of nitrogens with zero attached hydrogens (tertiary/aromatic N) is 2. The number of hydrogen-bond acceptors (Lipinski definition) is 4. The smallest absolute Gasteiger partial charge is 0.269 e. The standard InChI is InChI=1S/C18H22N4O3/c1-3-19-18(21-13-15-6-10-17(25-2)11-7-15)20-12-14-4-8-16(9-5-14)22(23)24/h4-11H,3,12-13H2,1-2H3,(H2,19,20,21). The summed E-state index contributed by atoms with van der Waals surface area (Å²) in [6, 6.07) is 14.2. The predicted molar refractivity (Wildman–Crippen MR) is 97.7 cm³/mol. The van der Waals surface area contributed by atoms with E-state index in [0.29, 0.717) is 19.0 Å². The lowest BCUT2D eigenvalue weighted by Crippen LogP contribution is -2.36.